The average molecular weight is 269 g/mol. The number of pyridine rings is 1. The standard InChI is InChI=1S/C12H19NO4Si/c1-4-12(18(15-2)16-3)17-11(14)9-10-5-7-13-8-6-10/h5-8,12,18H,4,9H2,1-3H3. The molecule has 0 spiro atoms. The van der Waals surface area contributed by atoms with E-state index in [0.717, 1.165) is 5.56 Å². The molecule has 0 fully saturated rings. The summed E-state index contributed by atoms with van der Waals surface area (Å²) >= 11 is 0. The van der Waals surface area contributed by atoms with Gasteiger partial charge in [0.15, 0.2) is 0 Å². The molecule has 0 aromatic carbocycles. The van der Waals surface area contributed by atoms with Crippen molar-refractivity contribution in [2.75, 3.05) is 14.2 Å². The Morgan fingerprint density at radius 1 is 1.33 bits per heavy atom. The first-order chi connectivity index (χ1) is 8.71. The van der Waals surface area contributed by atoms with Crippen LogP contribution in [0.5, 0.6) is 0 Å². The fraction of sp³-hybridized carbons (Fsp3) is 0.500. The lowest BCUT2D eigenvalue weighted by Crippen LogP contribution is -2.39. The summed E-state index contributed by atoms with van der Waals surface area (Å²) in [5.41, 5.74) is 0.632. The Bertz CT molecular complexity index is 356. The number of hydrogen-bond donors (Lipinski definition) is 0. The first-order valence-electron chi connectivity index (χ1n) is 5.85. The van der Waals surface area contributed by atoms with E-state index in [2.05, 4.69) is 4.98 Å². The highest BCUT2D eigenvalue weighted by Crippen LogP contribution is 2.08. The molecule has 1 aromatic heterocycles. The van der Waals surface area contributed by atoms with Crippen molar-refractivity contribution in [2.24, 2.45) is 0 Å². The lowest BCUT2D eigenvalue weighted by atomic mass is 10.2. The molecule has 0 bridgehead atoms. The van der Waals surface area contributed by atoms with E-state index in [1.807, 2.05) is 6.92 Å². The number of carbonyl (C=O) groups is 1. The first-order valence-corrected chi connectivity index (χ1v) is 7.46. The molecule has 0 N–H and O–H groups in total. The Hall–Kier alpha value is -1.24. The number of hydrogen-bond acceptors (Lipinski definition) is 5. The molecule has 1 aromatic rings. The largest absolute Gasteiger partial charge is 0.461 e. The highest BCUT2D eigenvalue weighted by atomic mass is 28.3. The van der Waals surface area contributed by atoms with Gasteiger partial charge in [-0.25, -0.2) is 0 Å². The minimum atomic E-state index is -1.93. The van der Waals surface area contributed by atoms with Crippen LogP contribution in [0.4, 0.5) is 0 Å². The molecule has 1 heterocycles. The summed E-state index contributed by atoms with van der Waals surface area (Å²) in [4.78, 5) is 15.7. The average Bonchev–Trinajstić information content (AvgIpc) is 2.40. The number of nitrogens with zero attached hydrogens (tertiary/aromatic N) is 1. The molecule has 0 saturated heterocycles. The topological polar surface area (TPSA) is 57.7 Å². The van der Waals surface area contributed by atoms with Crippen LogP contribution in [-0.4, -0.2) is 40.2 Å². The molecule has 0 aliphatic carbocycles. The lowest BCUT2D eigenvalue weighted by Gasteiger charge is -2.21. The maximum absolute atomic E-state index is 11.8. The first kappa shape index (κ1) is 14.8. The van der Waals surface area contributed by atoms with Gasteiger partial charge in [0.25, 0.3) is 0 Å². The molecular formula is C12H19NO4Si. The van der Waals surface area contributed by atoms with Crippen molar-refractivity contribution in [2.45, 2.75) is 25.5 Å². The van der Waals surface area contributed by atoms with Crippen molar-refractivity contribution in [1.82, 2.24) is 4.98 Å². The van der Waals surface area contributed by atoms with Crippen LogP contribution in [0.2, 0.25) is 0 Å². The second-order valence-electron chi connectivity index (χ2n) is 3.81. The molecule has 6 heteroatoms. The van der Waals surface area contributed by atoms with Crippen LogP contribution >= 0.6 is 0 Å². The summed E-state index contributed by atoms with van der Waals surface area (Å²) in [6, 6.07) is 3.59. The van der Waals surface area contributed by atoms with Gasteiger partial charge in [0.1, 0.15) is 5.73 Å². The van der Waals surface area contributed by atoms with Crippen molar-refractivity contribution < 1.29 is 18.4 Å². The summed E-state index contributed by atoms with van der Waals surface area (Å²) in [6.45, 7) is 1.95. The molecule has 1 unspecified atom stereocenters. The monoisotopic (exact) mass is 269 g/mol. The Labute approximate surface area is 109 Å². The number of carbonyl (C=O) groups excluding carboxylic acids is 1. The van der Waals surface area contributed by atoms with Gasteiger partial charge >= 0.3 is 15.3 Å². The summed E-state index contributed by atoms with van der Waals surface area (Å²) in [5.74, 6) is -0.264. The lowest BCUT2D eigenvalue weighted by molar-refractivity contribution is -0.146. The quantitative estimate of drug-likeness (QED) is 0.546. The minimum absolute atomic E-state index is 0.244. The third-order valence-electron chi connectivity index (χ3n) is 2.55. The van der Waals surface area contributed by atoms with Gasteiger partial charge < -0.3 is 13.6 Å². The van der Waals surface area contributed by atoms with Gasteiger partial charge in [0, 0.05) is 26.6 Å². The van der Waals surface area contributed by atoms with Gasteiger partial charge in [0.2, 0.25) is 0 Å². The summed E-state index contributed by atoms with van der Waals surface area (Å²) in [6.07, 6.45) is 4.25. The predicted molar refractivity (Wildman–Crippen MR) is 69.3 cm³/mol. The molecule has 0 saturated carbocycles. The van der Waals surface area contributed by atoms with E-state index in [0.29, 0.717) is 6.42 Å². The molecule has 1 atom stereocenters. The van der Waals surface area contributed by atoms with E-state index >= 15 is 0 Å². The zero-order valence-corrected chi connectivity index (χ0v) is 12.1. The number of esters is 1. The van der Waals surface area contributed by atoms with Crippen molar-refractivity contribution >= 4 is 15.3 Å². The van der Waals surface area contributed by atoms with E-state index < -0.39 is 9.28 Å². The van der Waals surface area contributed by atoms with E-state index in [9.17, 15) is 4.79 Å². The van der Waals surface area contributed by atoms with E-state index in [-0.39, 0.29) is 18.1 Å². The number of aromatic nitrogens is 1. The maximum Gasteiger partial charge on any atom is 0.363 e. The van der Waals surface area contributed by atoms with E-state index in [1.54, 1.807) is 38.7 Å². The van der Waals surface area contributed by atoms with Crippen LogP contribution in [0.1, 0.15) is 18.9 Å². The van der Waals surface area contributed by atoms with Crippen LogP contribution in [0.15, 0.2) is 24.5 Å². The summed E-state index contributed by atoms with van der Waals surface area (Å²) in [5, 5.41) is 0. The zero-order chi connectivity index (χ0) is 13.4. The molecule has 5 nitrogen and oxygen atoms in total. The number of ether oxygens (including phenoxy) is 1. The molecule has 18 heavy (non-hydrogen) atoms. The van der Waals surface area contributed by atoms with Gasteiger partial charge in [-0.05, 0) is 24.1 Å². The Morgan fingerprint density at radius 3 is 2.44 bits per heavy atom. The molecule has 0 aliphatic rings. The molecule has 0 aliphatic heterocycles. The minimum Gasteiger partial charge on any atom is -0.461 e. The zero-order valence-electron chi connectivity index (χ0n) is 11.0. The van der Waals surface area contributed by atoms with Crippen molar-refractivity contribution in [3.63, 3.8) is 0 Å². The summed E-state index contributed by atoms with van der Waals surface area (Å²) in [7, 11) is 1.24. The van der Waals surface area contributed by atoms with Crippen LogP contribution in [0, 0.1) is 0 Å². The van der Waals surface area contributed by atoms with E-state index in [1.165, 1.54) is 0 Å². The molecular weight excluding hydrogens is 250 g/mol. The Morgan fingerprint density at radius 2 is 1.94 bits per heavy atom. The second kappa shape index (κ2) is 7.96. The fourth-order valence-corrected chi connectivity index (χ4v) is 3.06. The fourth-order valence-electron chi connectivity index (χ4n) is 1.61. The van der Waals surface area contributed by atoms with E-state index in [4.69, 9.17) is 13.6 Å². The van der Waals surface area contributed by atoms with Gasteiger partial charge in [-0.3, -0.25) is 9.78 Å². The molecule has 0 amide bonds. The normalized spacial score (nSPS) is 12.4. The molecule has 100 valence electrons. The third kappa shape index (κ3) is 4.56. The molecule has 0 radical (unpaired) electrons. The Kier molecular flexibility index (Phi) is 6.56. The Balaban J connectivity index is 2.52. The highest BCUT2D eigenvalue weighted by molar-refractivity contribution is 6.46. The predicted octanol–water partition coefficient (Wildman–Crippen LogP) is 0.998. The van der Waals surface area contributed by atoms with Crippen LogP contribution in [0.3, 0.4) is 0 Å². The third-order valence-corrected chi connectivity index (χ3v) is 4.70. The van der Waals surface area contributed by atoms with Gasteiger partial charge in [-0.2, -0.15) is 0 Å². The SMILES string of the molecule is CCC(OC(=O)Cc1ccncc1)[SiH](OC)OC. The van der Waals surface area contributed by atoms with Crippen LogP contribution in [-0.2, 0) is 24.8 Å². The maximum atomic E-state index is 11.8. The molecule has 1 rings (SSSR count). The van der Waals surface area contributed by atoms with Crippen molar-refractivity contribution in [3.05, 3.63) is 30.1 Å². The van der Waals surface area contributed by atoms with Crippen molar-refractivity contribution in [1.29, 1.82) is 0 Å². The number of rotatable bonds is 7. The summed E-state index contributed by atoms with van der Waals surface area (Å²) < 4.78 is 15.9. The van der Waals surface area contributed by atoms with Crippen LogP contribution in [0.25, 0.3) is 0 Å². The second-order valence-corrected chi connectivity index (χ2v) is 6.23. The van der Waals surface area contributed by atoms with Gasteiger partial charge in [-0.1, -0.05) is 6.92 Å². The van der Waals surface area contributed by atoms with Gasteiger partial charge in [0.05, 0.1) is 6.42 Å². The van der Waals surface area contributed by atoms with Gasteiger partial charge in [-0.15, -0.1) is 0 Å². The smallest absolute Gasteiger partial charge is 0.363 e. The highest BCUT2D eigenvalue weighted by Gasteiger charge is 2.26. The van der Waals surface area contributed by atoms with Crippen molar-refractivity contribution in [3.8, 4) is 0 Å². The van der Waals surface area contributed by atoms with Crippen LogP contribution < -0.4 is 0 Å².